The van der Waals surface area contributed by atoms with Crippen molar-refractivity contribution in [3.05, 3.63) is 148 Å². The molecule has 3 atom stereocenters. The van der Waals surface area contributed by atoms with Crippen LogP contribution in [0, 0.1) is 0 Å². The van der Waals surface area contributed by atoms with Gasteiger partial charge in [-0.15, -0.1) is 0 Å². The molecule has 33 nitrogen and oxygen atoms in total. The largest absolute Gasteiger partial charge is 0.465 e. The molecule has 9 rings (SSSR count). The Kier molecular flexibility index (Phi) is 54.3. The van der Waals surface area contributed by atoms with Gasteiger partial charge in [0.25, 0.3) is 5.91 Å². The zero-order valence-electron chi connectivity index (χ0n) is 80.7. The maximum absolute atomic E-state index is 13.2. The molecule has 6 aromatic rings. The van der Waals surface area contributed by atoms with Gasteiger partial charge in [0.1, 0.15) is 33.0 Å². The number of carbonyl (C=O) groups excluding carboxylic acids is 12. The number of ether oxygens (including phenoxy) is 12. The van der Waals surface area contributed by atoms with Crippen molar-refractivity contribution in [2.45, 2.75) is 189 Å². The van der Waals surface area contributed by atoms with Crippen LogP contribution in [-0.4, -0.2) is 238 Å². The monoisotopic (exact) mass is 1880 g/mol. The first kappa shape index (κ1) is 112. The number of anilines is 5. The second-order valence-electron chi connectivity index (χ2n) is 32.5. The highest BCUT2D eigenvalue weighted by Crippen LogP contribution is 2.50. The number of fused-ring (bicyclic) bond motifs is 9. The van der Waals surface area contributed by atoms with Crippen LogP contribution in [0.3, 0.4) is 0 Å². The van der Waals surface area contributed by atoms with Crippen molar-refractivity contribution >= 4 is 99.5 Å². The maximum atomic E-state index is 13.2. The van der Waals surface area contributed by atoms with E-state index in [4.69, 9.17) is 56.8 Å². The van der Waals surface area contributed by atoms with E-state index >= 15 is 0 Å². The molecule has 0 aliphatic heterocycles. The van der Waals surface area contributed by atoms with E-state index in [2.05, 4.69) is 75.5 Å². The number of unbranched alkanes of at least 4 members (excludes halogenated alkanes) is 4. The average Bonchev–Trinajstić information content (AvgIpc) is 1.59. The smallest absolute Gasteiger partial charge is 0.302 e. The van der Waals surface area contributed by atoms with E-state index in [0.717, 1.165) is 138 Å². The standard InChI is InChI=1S/C34H47N3O8.C29H37N3O7.C28H36N2O7.C11H23NO2/c1-4-5-18-43-20-15-35-31(39)11-7-12-32(40)37-25-13-14-27-29(22-25)30(23-45-24(2)38)26-9-6-10-28(33(26)27)34(41)36-16-21-44-19-8-17-42-3;1-19(33)31-21-8-10-23-24-11-9-22(17-26(24)27(25(23)16-21)18-39-20(2)34)32-29(36)7-4-6-28(35)30-12-15-38-14-5-13-37-3;1-4-5-12-35-17-27(32)29-20-7-9-22-23-10-8-21(30-28(33)18-36-13-6-11-34-3)15-25(23)26(24(22)14-20)16-37-19(2)31;1-3-5-7-11(13)12-8-10-14-9-6-4-2/h6,9-10,13-14,22,30H,4-5,7-8,11-12,15-21,23H2,1-3H3,(H,35,39)(H,36,41)(H,37,40);8-11,16-17,27H,4-7,12-15,18H2,1-3H3,(H,30,35)(H,31,33)(H,32,36);7-10,14-15,26H,4-6,11-13,16-18H2,1-3H3,(H,29,32)(H,30,33);3-10H2,1-2H3,(H,12,13). The third kappa shape index (κ3) is 42.2. The number of nitrogens with one attached hydrogen (secondary N) is 9. The molecule has 0 saturated heterocycles. The summed E-state index contributed by atoms with van der Waals surface area (Å²) in [6, 6.07) is 33.7. The minimum atomic E-state index is -0.401. The Balaban J connectivity index is 0.000000291. The Labute approximate surface area is 794 Å². The second-order valence-corrected chi connectivity index (χ2v) is 32.5. The SMILES string of the molecule is CCCCOCC(=O)Nc1ccc2c(c1)C(COC(C)=O)c1cc(NC(=O)COCCCOC)ccc1-2.CCCCOCCNC(=O)CCCC.CCCCOCCNC(=O)CCCC(=O)Nc1ccc2c(c1)C(COC(C)=O)c1cccc(C(=O)NCCOCCCOC)c1-2.COCCCOCCNC(=O)CCCC(=O)Nc1ccc2c(c1)C(COC(C)=O)c1cc(NC(C)=O)ccc1-2. The highest BCUT2D eigenvalue weighted by molar-refractivity contribution is 6.04. The van der Waals surface area contributed by atoms with Crippen molar-refractivity contribution < 1.29 is 114 Å². The average molecular weight is 1880 g/mol. The van der Waals surface area contributed by atoms with E-state index in [1.54, 1.807) is 33.5 Å². The number of carbonyl (C=O) groups is 12. The zero-order valence-corrected chi connectivity index (χ0v) is 80.7. The Bertz CT molecular complexity index is 4730. The highest BCUT2D eigenvalue weighted by Gasteiger charge is 2.36. The van der Waals surface area contributed by atoms with Gasteiger partial charge in [0.15, 0.2) is 0 Å². The van der Waals surface area contributed by atoms with Gasteiger partial charge in [0.05, 0.1) is 26.4 Å². The van der Waals surface area contributed by atoms with E-state index in [0.29, 0.717) is 165 Å². The molecule has 0 spiro atoms. The number of amides is 9. The first-order valence-corrected chi connectivity index (χ1v) is 47.1. The molecular weight excluding hydrogens is 1740 g/mol. The number of hydrogen-bond donors (Lipinski definition) is 9. The lowest BCUT2D eigenvalue weighted by Gasteiger charge is -2.15. The predicted molar refractivity (Wildman–Crippen MR) is 518 cm³/mol. The fourth-order valence-corrected chi connectivity index (χ4v) is 14.8. The number of rotatable bonds is 60. The lowest BCUT2D eigenvalue weighted by Crippen LogP contribution is -2.28. The molecule has 0 aromatic heterocycles. The summed E-state index contributed by atoms with van der Waals surface area (Å²) in [5.41, 5.74) is 14.7. The molecule has 3 aliphatic carbocycles. The van der Waals surface area contributed by atoms with Crippen LogP contribution in [0.2, 0.25) is 0 Å². The first-order chi connectivity index (χ1) is 65.4. The van der Waals surface area contributed by atoms with Crippen molar-refractivity contribution in [2.75, 3.05) is 193 Å². The summed E-state index contributed by atoms with van der Waals surface area (Å²) in [4.78, 5) is 145. The quantitative estimate of drug-likeness (QED) is 0.00972. The van der Waals surface area contributed by atoms with Crippen molar-refractivity contribution in [2.24, 2.45) is 0 Å². The Morgan fingerprint density at radius 2 is 0.578 bits per heavy atom. The third-order valence-electron chi connectivity index (χ3n) is 21.4. The van der Waals surface area contributed by atoms with Crippen molar-refractivity contribution in [1.82, 2.24) is 21.3 Å². The van der Waals surface area contributed by atoms with Gasteiger partial charge < -0.3 is 105 Å². The molecule has 33 heteroatoms. The van der Waals surface area contributed by atoms with E-state index < -0.39 is 5.97 Å². The third-order valence-corrected chi connectivity index (χ3v) is 21.4. The van der Waals surface area contributed by atoms with Gasteiger partial charge in [0.2, 0.25) is 47.3 Å². The molecule has 9 amide bonds. The number of hydrogen-bond acceptors (Lipinski definition) is 24. The summed E-state index contributed by atoms with van der Waals surface area (Å²) < 4.78 is 63.6. The van der Waals surface area contributed by atoms with Crippen LogP contribution >= 0.6 is 0 Å². The molecule has 740 valence electrons. The second kappa shape index (κ2) is 65.3. The minimum Gasteiger partial charge on any atom is -0.465 e. The zero-order chi connectivity index (χ0) is 97.9. The van der Waals surface area contributed by atoms with E-state index in [1.165, 1.54) is 27.7 Å². The van der Waals surface area contributed by atoms with Gasteiger partial charge in [0, 0.05) is 219 Å². The van der Waals surface area contributed by atoms with Crippen LogP contribution in [0.4, 0.5) is 28.4 Å². The van der Waals surface area contributed by atoms with Crippen LogP contribution in [0.15, 0.2) is 109 Å². The Hall–Kier alpha value is -11.4. The summed E-state index contributed by atoms with van der Waals surface area (Å²) in [6.07, 6.45) is 13.0. The van der Waals surface area contributed by atoms with Crippen LogP contribution in [0.5, 0.6) is 0 Å². The summed E-state index contributed by atoms with van der Waals surface area (Å²) in [5, 5.41) is 25.7. The lowest BCUT2D eigenvalue weighted by atomic mass is 9.96. The van der Waals surface area contributed by atoms with E-state index in [9.17, 15) is 57.5 Å². The first-order valence-electron chi connectivity index (χ1n) is 47.1. The maximum Gasteiger partial charge on any atom is 0.302 e. The van der Waals surface area contributed by atoms with Gasteiger partial charge in [-0.2, -0.15) is 0 Å². The molecule has 0 saturated carbocycles. The number of methoxy groups -OCH3 is 3. The summed E-state index contributed by atoms with van der Waals surface area (Å²) >= 11 is 0. The molecule has 9 N–H and O–H groups in total. The molecule has 0 bridgehead atoms. The van der Waals surface area contributed by atoms with Crippen LogP contribution in [-0.2, 0) is 110 Å². The van der Waals surface area contributed by atoms with E-state index in [1.807, 2.05) is 97.1 Å². The fraction of sp³-hybridized carbons (Fsp3) is 0.529. The molecule has 6 aromatic carbocycles. The highest BCUT2D eigenvalue weighted by atomic mass is 16.5. The lowest BCUT2D eigenvalue weighted by molar-refractivity contribution is -0.142. The number of esters is 3. The van der Waals surface area contributed by atoms with Gasteiger partial charge in [-0.25, -0.2) is 0 Å². The van der Waals surface area contributed by atoms with Crippen molar-refractivity contribution in [3.8, 4) is 33.4 Å². The molecule has 0 fully saturated rings. The van der Waals surface area contributed by atoms with E-state index in [-0.39, 0.29) is 142 Å². The van der Waals surface area contributed by atoms with Gasteiger partial charge in [-0.3, -0.25) is 57.5 Å². The van der Waals surface area contributed by atoms with Gasteiger partial charge in [-0.05, 0) is 191 Å². The fourth-order valence-electron chi connectivity index (χ4n) is 14.8. The Morgan fingerprint density at radius 3 is 0.926 bits per heavy atom. The number of benzene rings is 6. The van der Waals surface area contributed by atoms with Gasteiger partial charge >= 0.3 is 17.9 Å². The van der Waals surface area contributed by atoms with Crippen LogP contribution in [0.1, 0.15) is 232 Å². The van der Waals surface area contributed by atoms with Crippen LogP contribution < -0.4 is 47.9 Å². The Morgan fingerprint density at radius 1 is 0.281 bits per heavy atom. The molecule has 3 unspecified atom stereocenters. The van der Waals surface area contributed by atoms with Crippen LogP contribution in [0.25, 0.3) is 33.4 Å². The minimum absolute atomic E-state index is 0.00661. The topological polar surface area (TPSA) is 424 Å². The summed E-state index contributed by atoms with van der Waals surface area (Å²) in [7, 11) is 4.90. The molecule has 0 heterocycles. The predicted octanol–water partition coefficient (Wildman–Crippen LogP) is 14.0. The van der Waals surface area contributed by atoms with Crippen molar-refractivity contribution in [1.29, 1.82) is 0 Å². The molecule has 0 radical (unpaired) electrons. The molecular formula is C102H143N9O24. The van der Waals surface area contributed by atoms with Crippen molar-refractivity contribution in [3.63, 3.8) is 0 Å². The summed E-state index contributed by atoms with van der Waals surface area (Å²) in [6.45, 7) is 23.5. The molecule has 135 heavy (non-hydrogen) atoms. The normalized spacial score (nSPS) is 13.0. The van der Waals surface area contributed by atoms with Gasteiger partial charge in [-0.1, -0.05) is 95.8 Å². The molecule has 3 aliphatic rings. The summed E-state index contributed by atoms with van der Waals surface area (Å²) in [5.74, 6) is -3.31.